The van der Waals surface area contributed by atoms with Gasteiger partial charge in [0.15, 0.2) is 11.5 Å². The van der Waals surface area contributed by atoms with Crippen LogP contribution in [0.3, 0.4) is 0 Å². The van der Waals surface area contributed by atoms with Gasteiger partial charge in [0.05, 0.1) is 23.6 Å². The monoisotopic (exact) mass is 486 g/mol. The lowest BCUT2D eigenvalue weighted by atomic mass is 10.0. The molecule has 1 amide bonds. The number of allylic oxidation sites excluding steroid dienone is 1. The van der Waals surface area contributed by atoms with Crippen molar-refractivity contribution in [2.75, 3.05) is 11.6 Å². The van der Waals surface area contributed by atoms with Crippen molar-refractivity contribution in [2.45, 2.75) is 26.9 Å². The van der Waals surface area contributed by atoms with E-state index in [-0.39, 0.29) is 5.91 Å². The molecule has 1 heterocycles. The lowest BCUT2D eigenvalue weighted by molar-refractivity contribution is -0.114. The summed E-state index contributed by atoms with van der Waals surface area (Å²) in [6, 6.07) is 20.8. The number of carbonyl (C=O) groups excluding carboxylic acids is 1. The highest BCUT2D eigenvalue weighted by molar-refractivity contribution is 6.32. The van der Waals surface area contributed by atoms with E-state index in [1.54, 1.807) is 0 Å². The van der Waals surface area contributed by atoms with Gasteiger partial charge in [0.2, 0.25) is 0 Å². The van der Waals surface area contributed by atoms with Gasteiger partial charge in [-0.25, -0.2) is 0 Å². The number of ether oxygens (including phenoxy) is 2. The first-order valence-corrected chi connectivity index (χ1v) is 11.8. The molecule has 3 aromatic rings. The minimum Gasteiger partial charge on any atom is -0.490 e. The molecule has 0 unspecified atom stereocenters. The van der Waals surface area contributed by atoms with E-state index >= 15 is 0 Å². The third-order valence-corrected chi connectivity index (χ3v) is 5.74. The lowest BCUT2D eigenvalue weighted by Gasteiger charge is -2.17. The average Bonchev–Trinajstić information content (AvgIpc) is 3.14. The zero-order valence-corrected chi connectivity index (χ0v) is 20.6. The van der Waals surface area contributed by atoms with E-state index in [4.69, 9.17) is 21.1 Å². The molecule has 178 valence electrons. The summed E-state index contributed by atoms with van der Waals surface area (Å²) in [7, 11) is 0. The Hall–Kier alpha value is -3.83. The first kappa shape index (κ1) is 24.3. The van der Waals surface area contributed by atoms with Crippen molar-refractivity contribution in [2.24, 2.45) is 5.10 Å². The average molecular weight is 487 g/mol. The van der Waals surface area contributed by atoms with Gasteiger partial charge in [-0.2, -0.15) is 10.1 Å². The maximum absolute atomic E-state index is 13.2. The van der Waals surface area contributed by atoms with E-state index in [0.29, 0.717) is 47.4 Å². The Labute approximate surface area is 210 Å². The molecule has 0 N–H and O–H groups in total. The largest absolute Gasteiger partial charge is 0.490 e. The molecule has 5 nitrogen and oxygen atoms in total. The van der Waals surface area contributed by atoms with Crippen molar-refractivity contribution < 1.29 is 14.3 Å². The summed E-state index contributed by atoms with van der Waals surface area (Å²) < 4.78 is 12.2. The molecule has 0 spiro atoms. The van der Waals surface area contributed by atoms with Gasteiger partial charge in [-0.3, -0.25) is 4.79 Å². The minimum atomic E-state index is -0.167. The number of anilines is 1. The van der Waals surface area contributed by atoms with Gasteiger partial charge in [0, 0.05) is 10.6 Å². The Kier molecular flexibility index (Phi) is 7.68. The number of nitrogens with zero attached hydrogens (tertiary/aromatic N) is 2. The number of amides is 1. The van der Waals surface area contributed by atoms with E-state index in [1.165, 1.54) is 5.01 Å². The summed E-state index contributed by atoms with van der Waals surface area (Å²) in [6.07, 6.45) is 4.26. The van der Waals surface area contributed by atoms with Gasteiger partial charge in [0.1, 0.15) is 6.61 Å². The number of para-hydroxylation sites is 1. The normalized spacial score (nSPS) is 14.3. The van der Waals surface area contributed by atoms with E-state index in [9.17, 15) is 4.79 Å². The highest BCUT2D eigenvalue weighted by Gasteiger charge is 2.28. The number of hydrogen-bond acceptors (Lipinski definition) is 4. The standard InChI is InChI=1S/C29H27ClN2O3/c1-4-9-23-16-22(17-26-20(3)31-32(29(26)33)25-10-7-6-8-11-25)18-27(34-5-2)28(23)35-19-21-12-14-24(30)15-13-21/h4,6-8,10-18H,1,5,9,19H2,2-3H3/b26-17+. The molecule has 0 fully saturated rings. The van der Waals surface area contributed by atoms with Crippen LogP contribution in [0.15, 0.2) is 90.1 Å². The fourth-order valence-corrected chi connectivity index (χ4v) is 3.96. The molecule has 0 bridgehead atoms. The number of hydrogen-bond donors (Lipinski definition) is 0. The van der Waals surface area contributed by atoms with Crippen LogP contribution in [0.4, 0.5) is 5.69 Å². The predicted octanol–water partition coefficient (Wildman–Crippen LogP) is 6.85. The maximum atomic E-state index is 13.2. The minimum absolute atomic E-state index is 0.167. The molecule has 4 rings (SSSR count). The van der Waals surface area contributed by atoms with Crippen molar-refractivity contribution in [3.8, 4) is 11.5 Å². The van der Waals surface area contributed by atoms with Gasteiger partial charge in [0.25, 0.3) is 5.91 Å². The Balaban J connectivity index is 1.67. The van der Waals surface area contributed by atoms with Crippen LogP contribution in [0.2, 0.25) is 5.02 Å². The molecule has 0 aromatic heterocycles. The highest BCUT2D eigenvalue weighted by Crippen LogP contribution is 2.36. The molecule has 1 aliphatic rings. The van der Waals surface area contributed by atoms with Gasteiger partial charge < -0.3 is 9.47 Å². The van der Waals surface area contributed by atoms with Crippen LogP contribution in [-0.4, -0.2) is 18.2 Å². The quantitative estimate of drug-likeness (QED) is 0.245. The van der Waals surface area contributed by atoms with Crippen molar-refractivity contribution in [1.82, 2.24) is 0 Å². The second-order valence-electron chi connectivity index (χ2n) is 8.04. The van der Waals surface area contributed by atoms with Crippen LogP contribution in [0.25, 0.3) is 6.08 Å². The van der Waals surface area contributed by atoms with Crippen LogP contribution in [0.5, 0.6) is 11.5 Å². The van der Waals surface area contributed by atoms with E-state index in [2.05, 4.69) is 11.7 Å². The van der Waals surface area contributed by atoms with Crippen LogP contribution < -0.4 is 14.5 Å². The van der Waals surface area contributed by atoms with Crippen molar-refractivity contribution in [1.29, 1.82) is 0 Å². The zero-order valence-electron chi connectivity index (χ0n) is 19.8. The summed E-state index contributed by atoms with van der Waals surface area (Å²) in [5, 5.41) is 6.58. The molecule has 0 saturated carbocycles. The molecule has 0 radical (unpaired) electrons. The Morgan fingerprint density at radius 1 is 1.06 bits per heavy atom. The zero-order chi connectivity index (χ0) is 24.8. The number of benzene rings is 3. The topological polar surface area (TPSA) is 51.1 Å². The van der Waals surface area contributed by atoms with Gasteiger partial charge in [-0.15, -0.1) is 6.58 Å². The van der Waals surface area contributed by atoms with Crippen LogP contribution in [0.1, 0.15) is 30.5 Å². The number of carbonyl (C=O) groups is 1. The number of halogens is 1. The molecule has 0 atom stereocenters. The molecular formula is C29H27ClN2O3. The predicted molar refractivity (Wildman–Crippen MR) is 142 cm³/mol. The smallest absolute Gasteiger partial charge is 0.280 e. The van der Waals surface area contributed by atoms with Crippen LogP contribution >= 0.6 is 11.6 Å². The second kappa shape index (κ2) is 11.1. The molecule has 0 saturated heterocycles. The Morgan fingerprint density at radius 2 is 1.80 bits per heavy atom. The van der Waals surface area contributed by atoms with Crippen molar-refractivity contribution in [3.63, 3.8) is 0 Å². The fraction of sp³-hybridized carbons (Fsp3) is 0.172. The van der Waals surface area contributed by atoms with Gasteiger partial charge in [-0.05, 0) is 73.9 Å². The molecule has 3 aromatic carbocycles. The molecular weight excluding hydrogens is 460 g/mol. The molecule has 1 aliphatic heterocycles. The first-order chi connectivity index (χ1) is 17.0. The van der Waals surface area contributed by atoms with Gasteiger partial charge >= 0.3 is 0 Å². The summed E-state index contributed by atoms with van der Waals surface area (Å²) in [5.41, 5.74) is 4.68. The Bertz CT molecular complexity index is 1280. The Morgan fingerprint density at radius 3 is 2.49 bits per heavy atom. The highest BCUT2D eigenvalue weighted by atomic mass is 35.5. The molecule has 6 heteroatoms. The maximum Gasteiger partial charge on any atom is 0.280 e. The van der Waals surface area contributed by atoms with Crippen molar-refractivity contribution >= 4 is 35.0 Å². The van der Waals surface area contributed by atoms with E-state index in [1.807, 2.05) is 92.7 Å². The summed E-state index contributed by atoms with van der Waals surface area (Å²) in [4.78, 5) is 13.2. The second-order valence-corrected chi connectivity index (χ2v) is 8.48. The third kappa shape index (κ3) is 5.64. The number of hydrazone groups is 1. The first-order valence-electron chi connectivity index (χ1n) is 11.4. The fourth-order valence-electron chi connectivity index (χ4n) is 3.83. The third-order valence-electron chi connectivity index (χ3n) is 5.49. The van der Waals surface area contributed by atoms with E-state index in [0.717, 1.165) is 22.4 Å². The van der Waals surface area contributed by atoms with Crippen LogP contribution in [0, 0.1) is 0 Å². The summed E-state index contributed by atoms with van der Waals surface area (Å²) >= 11 is 6.00. The lowest BCUT2D eigenvalue weighted by Crippen LogP contribution is -2.21. The molecule has 0 aliphatic carbocycles. The summed E-state index contributed by atoms with van der Waals surface area (Å²) in [6.45, 7) is 8.51. The van der Waals surface area contributed by atoms with E-state index < -0.39 is 0 Å². The molecule has 35 heavy (non-hydrogen) atoms. The number of rotatable bonds is 9. The van der Waals surface area contributed by atoms with Crippen LogP contribution in [-0.2, 0) is 17.8 Å². The SMILES string of the molecule is C=CCc1cc(/C=C2/C(=O)N(c3ccccc3)N=C2C)cc(OCC)c1OCc1ccc(Cl)cc1. The van der Waals surface area contributed by atoms with Crippen molar-refractivity contribution in [3.05, 3.63) is 107 Å². The van der Waals surface area contributed by atoms with Gasteiger partial charge in [-0.1, -0.05) is 48.0 Å². The summed E-state index contributed by atoms with van der Waals surface area (Å²) in [5.74, 6) is 1.12.